The van der Waals surface area contributed by atoms with Gasteiger partial charge in [0.15, 0.2) is 0 Å². The first-order chi connectivity index (χ1) is 12.9. The Bertz CT molecular complexity index is 1070. The highest BCUT2D eigenvalue weighted by molar-refractivity contribution is 7.89. The average molecular weight is 383 g/mol. The molecule has 2 N–H and O–H groups in total. The molecule has 0 bridgehead atoms. The van der Waals surface area contributed by atoms with Gasteiger partial charge in [-0.3, -0.25) is 0 Å². The lowest BCUT2D eigenvalue weighted by Crippen LogP contribution is -2.17. The van der Waals surface area contributed by atoms with Crippen molar-refractivity contribution in [3.63, 3.8) is 0 Å². The van der Waals surface area contributed by atoms with E-state index in [-0.39, 0.29) is 4.90 Å². The topological polar surface area (TPSA) is 65.1 Å². The van der Waals surface area contributed by atoms with E-state index in [0.717, 1.165) is 34.3 Å². The highest BCUT2D eigenvalue weighted by Crippen LogP contribution is 2.35. The zero-order valence-electron chi connectivity index (χ0n) is 15.7. The Morgan fingerprint density at radius 3 is 2.48 bits per heavy atom. The number of fused-ring (bicyclic) bond motifs is 1. The van der Waals surface area contributed by atoms with Crippen molar-refractivity contribution in [2.45, 2.75) is 50.5 Å². The molecule has 0 unspecified atom stereocenters. The minimum atomic E-state index is -3.76. The molecule has 0 atom stereocenters. The monoisotopic (exact) mass is 382 g/mol. The zero-order chi connectivity index (χ0) is 19.0. The lowest BCUT2D eigenvalue weighted by molar-refractivity contribution is 0.318. The van der Waals surface area contributed by atoms with Crippen LogP contribution in [0.15, 0.2) is 53.4 Å². The highest BCUT2D eigenvalue weighted by atomic mass is 32.2. The van der Waals surface area contributed by atoms with Crippen molar-refractivity contribution in [1.82, 2.24) is 4.57 Å². The van der Waals surface area contributed by atoms with E-state index in [0.29, 0.717) is 5.92 Å². The van der Waals surface area contributed by atoms with Crippen molar-refractivity contribution in [3.05, 3.63) is 54.2 Å². The van der Waals surface area contributed by atoms with Crippen molar-refractivity contribution >= 4 is 20.8 Å². The summed E-state index contributed by atoms with van der Waals surface area (Å²) >= 11 is 0. The van der Waals surface area contributed by atoms with Gasteiger partial charge < -0.3 is 4.57 Å². The van der Waals surface area contributed by atoms with Gasteiger partial charge >= 0.3 is 0 Å². The summed E-state index contributed by atoms with van der Waals surface area (Å²) in [5.41, 5.74) is 2.74. The Labute approximate surface area is 161 Å². The van der Waals surface area contributed by atoms with Crippen LogP contribution in [-0.2, 0) is 16.6 Å². The molecule has 27 heavy (non-hydrogen) atoms. The predicted molar refractivity (Wildman–Crippen MR) is 110 cm³/mol. The molecule has 3 aromatic rings. The number of nitrogens with zero attached hydrogens (tertiary/aromatic N) is 1. The molecule has 1 saturated carbocycles. The number of hydrogen-bond donors (Lipinski definition) is 1. The fourth-order valence-electron chi connectivity index (χ4n) is 4.44. The molecule has 2 aromatic carbocycles. The van der Waals surface area contributed by atoms with E-state index in [9.17, 15) is 8.42 Å². The van der Waals surface area contributed by atoms with E-state index in [1.165, 1.54) is 32.1 Å². The van der Waals surface area contributed by atoms with Gasteiger partial charge in [0.1, 0.15) is 4.90 Å². The Balaban J connectivity index is 1.90. The molecule has 0 saturated heterocycles. The molecular formula is C22H26N2O2S. The van der Waals surface area contributed by atoms with Crippen molar-refractivity contribution in [2.24, 2.45) is 11.1 Å². The van der Waals surface area contributed by atoms with Crippen LogP contribution in [-0.4, -0.2) is 13.0 Å². The van der Waals surface area contributed by atoms with Gasteiger partial charge in [-0.2, -0.15) is 0 Å². The van der Waals surface area contributed by atoms with Crippen molar-refractivity contribution in [3.8, 4) is 11.3 Å². The zero-order valence-corrected chi connectivity index (χ0v) is 16.5. The summed E-state index contributed by atoms with van der Waals surface area (Å²) in [6.45, 7) is 2.72. The van der Waals surface area contributed by atoms with E-state index in [2.05, 4.69) is 28.8 Å². The smallest absolute Gasteiger partial charge is 0.239 e. The first-order valence-electron chi connectivity index (χ1n) is 9.66. The van der Waals surface area contributed by atoms with Crippen LogP contribution < -0.4 is 5.14 Å². The molecule has 1 heterocycles. The SMILES string of the molecule is Cc1c(S(N)(=O)=O)cc(-c2cccc3ccccc23)n1CC1CCCCC1. The second kappa shape index (κ2) is 7.13. The van der Waals surface area contributed by atoms with Crippen LogP contribution >= 0.6 is 0 Å². The van der Waals surface area contributed by atoms with Crippen LogP contribution in [0.4, 0.5) is 0 Å². The molecule has 5 heteroatoms. The quantitative estimate of drug-likeness (QED) is 0.701. The maximum Gasteiger partial charge on any atom is 0.239 e. The highest BCUT2D eigenvalue weighted by Gasteiger charge is 2.24. The minimum absolute atomic E-state index is 0.237. The van der Waals surface area contributed by atoms with E-state index in [4.69, 9.17) is 5.14 Å². The molecule has 0 amide bonds. The number of sulfonamides is 1. The summed E-state index contributed by atoms with van der Waals surface area (Å²) in [5, 5.41) is 7.80. The molecule has 0 radical (unpaired) electrons. The summed E-state index contributed by atoms with van der Waals surface area (Å²) in [4.78, 5) is 0.237. The number of hydrogen-bond acceptors (Lipinski definition) is 2. The van der Waals surface area contributed by atoms with Crippen molar-refractivity contribution in [2.75, 3.05) is 0 Å². The molecule has 0 aliphatic heterocycles. The minimum Gasteiger partial charge on any atom is -0.343 e. The third kappa shape index (κ3) is 3.54. The summed E-state index contributed by atoms with van der Waals surface area (Å²) < 4.78 is 26.5. The second-order valence-electron chi connectivity index (χ2n) is 7.67. The molecule has 1 fully saturated rings. The standard InChI is InChI=1S/C22H26N2O2S/c1-16-22(27(23,25)26)14-21(24(16)15-17-8-3-2-4-9-17)20-13-7-11-18-10-5-6-12-19(18)20/h5-7,10-14,17H,2-4,8-9,15H2,1H3,(H2,23,25,26). The lowest BCUT2D eigenvalue weighted by atomic mass is 9.89. The normalized spacial score (nSPS) is 16.1. The number of nitrogens with two attached hydrogens (primary N) is 1. The maximum atomic E-state index is 12.2. The number of benzene rings is 2. The molecule has 4 rings (SSSR count). The Morgan fingerprint density at radius 2 is 1.74 bits per heavy atom. The summed E-state index contributed by atoms with van der Waals surface area (Å²) in [6.07, 6.45) is 6.24. The van der Waals surface area contributed by atoms with Crippen LogP contribution in [0.5, 0.6) is 0 Å². The molecule has 1 aliphatic rings. The van der Waals surface area contributed by atoms with Gasteiger partial charge in [-0.25, -0.2) is 13.6 Å². The number of rotatable bonds is 4. The number of aromatic nitrogens is 1. The van der Waals surface area contributed by atoms with Gasteiger partial charge in [-0.1, -0.05) is 61.7 Å². The second-order valence-corrected chi connectivity index (χ2v) is 9.20. The molecule has 142 valence electrons. The first kappa shape index (κ1) is 18.3. The lowest BCUT2D eigenvalue weighted by Gasteiger charge is -2.24. The molecule has 0 spiro atoms. The van der Waals surface area contributed by atoms with Gasteiger partial charge in [-0.15, -0.1) is 0 Å². The predicted octanol–water partition coefficient (Wildman–Crippen LogP) is 4.84. The molecular weight excluding hydrogens is 356 g/mol. The van der Waals surface area contributed by atoms with E-state index in [1.54, 1.807) is 6.07 Å². The van der Waals surface area contributed by atoms with Gasteiger partial charge in [0.05, 0.1) is 5.69 Å². The van der Waals surface area contributed by atoms with Crippen LogP contribution in [0.3, 0.4) is 0 Å². The van der Waals surface area contributed by atoms with Crippen molar-refractivity contribution in [1.29, 1.82) is 0 Å². The van der Waals surface area contributed by atoms with Gasteiger partial charge in [0.2, 0.25) is 10.0 Å². The van der Waals surface area contributed by atoms with E-state index >= 15 is 0 Å². The number of primary sulfonamides is 1. The largest absolute Gasteiger partial charge is 0.343 e. The fraction of sp³-hybridized carbons (Fsp3) is 0.364. The van der Waals surface area contributed by atoms with Crippen LogP contribution in [0.25, 0.3) is 22.0 Å². The van der Waals surface area contributed by atoms with Crippen LogP contribution in [0, 0.1) is 12.8 Å². The molecule has 4 nitrogen and oxygen atoms in total. The molecule has 1 aromatic heterocycles. The first-order valence-corrected chi connectivity index (χ1v) is 11.2. The summed E-state index contributed by atoms with van der Waals surface area (Å²) in [5.74, 6) is 0.590. The van der Waals surface area contributed by atoms with Gasteiger partial charge in [-0.05, 0) is 42.5 Å². The third-order valence-electron chi connectivity index (χ3n) is 5.86. The van der Waals surface area contributed by atoms with Crippen LogP contribution in [0.2, 0.25) is 0 Å². The average Bonchev–Trinajstić information content (AvgIpc) is 2.99. The van der Waals surface area contributed by atoms with Crippen LogP contribution in [0.1, 0.15) is 37.8 Å². The Kier molecular flexibility index (Phi) is 4.82. The Hall–Kier alpha value is -2.11. The third-order valence-corrected chi connectivity index (χ3v) is 6.88. The maximum absolute atomic E-state index is 12.2. The van der Waals surface area contributed by atoms with Crippen molar-refractivity contribution < 1.29 is 8.42 Å². The summed E-state index contributed by atoms with van der Waals surface area (Å²) in [7, 11) is -3.76. The Morgan fingerprint density at radius 1 is 1.04 bits per heavy atom. The van der Waals surface area contributed by atoms with E-state index < -0.39 is 10.0 Å². The summed E-state index contributed by atoms with van der Waals surface area (Å²) in [6, 6.07) is 16.2. The fourth-order valence-corrected chi connectivity index (χ4v) is 5.24. The van der Waals surface area contributed by atoms with E-state index in [1.807, 2.05) is 25.1 Å². The van der Waals surface area contributed by atoms with Gasteiger partial charge in [0.25, 0.3) is 0 Å². The van der Waals surface area contributed by atoms with Gasteiger partial charge in [0, 0.05) is 17.8 Å². The molecule has 1 aliphatic carbocycles.